The minimum atomic E-state index is -0.491. The topological polar surface area (TPSA) is 69.5 Å². The summed E-state index contributed by atoms with van der Waals surface area (Å²) in [5.41, 5.74) is 0.0649. The molecule has 6 nitrogen and oxygen atoms in total. The molecule has 2 atom stereocenters. The van der Waals surface area contributed by atoms with Gasteiger partial charge in [0, 0.05) is 29.8 Å². The molecule has 3 aliphatic heterocycles. The summed E-state index contributed by atoms with van der Waals surface area (Å²) in [4.78, 5) is 20.9. The number of hydrogen-bond acceptors (Lipinski definition) is 5. The number of rotatable bonds is 1. The quantitative estimate of drug-likeness (QED) is 0.732. The average molecular weight is 393 g/mol. The summed E-state index contributed by atoms with van der Waals surface area (Å²) in [6.07, 6.45) is 3.41. The van der Waals surface area contributed by atoms with Crippen LogP contribution in [0.25, 0.3) is 0 Å². The highest BCUT2D eigenvalue weighted by molar-refractivity contribution is 9.10. The molecule has 3 saturated heterocycles. The molecule has 0 aromatic carbocycles. The lowest BCUT2D eigenvalue weighted by atomic mass is 9.91. The second-order valence-corrected chi connectivity index (χ2v) is 8.22. The van der Waals surface area contributed by atoms with E-state index in [1.165, 1.54) is 0 Å². The molecular weight excluding hydrogens is 372 g/mol. The molecule has 3 aliphatic rings. The summed E-state index contributed by atoms with van der Waals surface area (Å²) < 4.78 is 6.32. The molecule has 1 aromatic heterocycles. The van der Waals surface area contributed by atoms with Crippen LogP contribution in [0.4, 0.5) is 10.6 Å². The number of ether oxygens (including phenoxy) is 1. The van der Waals surface area contributed by atoms with Gasteiger partial charge in [0.25, 0.3) is 0 Å². The Morgan fingerprint density at radius 1 is 1.38 bits per heavy atom. The van der Waals surface area contributed by atoms with Crippen LogP contribution in [0, 0.1) is 11.3 Å². The van der Waals surface area contributed by atoms with E-state index < -0.39 is 5.60 Å². The predicted molar refractivity (Wildman–Crippen MR) is 93.7 cm³/mol. The number of carbonyl (C=O) groups excluding carboxylic acids is 1. The van der Waals surface area contributed by atoms with Gasteiger partial charge in [-0.1, -0.05) is 0 Å². The highest BCUT2D eigenvalue weighted by atomic mass is 79.9. The fourth-order valence-corrected chi connectivity index (χ4v) is 3.71. The smallest absolute Gasteiger partial charge is 0.410 e. The first-order valence-electron chi connectivity index (χ1n) is 8.10. The summed E-state index contributed by atoms with van der Waals surface area (Å²) >= 11 is 3.36. The van der Waals surface area contributed by atoms with Gasteiger partial charge in [-0.2, -0.15) is 5.26 Å². The maximum absolute atomic E-state index is 12.4. The molecule has 0 saturated carbocycles. The summed E-state index contributed by atoms with van der Waals surface area (Å²) in [5.74, 6) is 0.708. The van der Waals surface area contributed by atoms with E-state index >= 15 is 0 Å². The first-order chi connectivity index (χ1) is 11.3. The second-order valence-electron chi connectivity index (χ2n) is 7.31. The van der Waals surface area contributed by atoms with E-state index in [1.54, 1.807) is 12.3 Å². The van der Waals surface area contributed by atoms with E-state index in [0.717, 1.165) is 17.3 Å². The zero-order valence-corrected chi connectivity index (χ0v) is 15.7. The van der Waals surface area contributed by atoms with E-state index in [4.69, 9.17) is 4.74 Å². The number of pyridine rings is 1. The van der Waals surface area contributed by atoms with Crippen molar-refractivity contribution in [2.24, 2.45) is 0 Å². The molecule has 128 valence electrons. The van der Waals surface area contributed by atoms with Gasteiger partial charge in [-0.3, -0.25) is 0 Å². The maximum Gasteiger partial charge on any atom is 0.410 e. The van der Waals surface area contributed by atoms with E-state index in [9.17, 15) is 10.1 Å². The first kappa shape index (κ1) is 17.0. The van der Waals surface area contributed by atoms with Crippen molar-refractivity contribution in [1.29, 1.82) is 5.26 Å². The van der Waals surface area contributed by atoms with Crippen LogP contribution in [0.3, 0.4) is 0 Å². The van der Waals surface area contributed by atoms with Crippen molar-refractivity contribution >= 4 is 27.8 Å². The highest BCUT2D eigenvalue weighted by Gasteiger charge is 2.43. The van der Waals surface area contributed by atoms with Gasteiger partial charge in [0.1, 0.15) is 17.5 Å². The molecule has 24 heavy (non-hydrogen) atoms. The van der Waals surface area contributed by atoms with Gasteiger partial charge >= 0.3 is 6.09 Å². The number of amides is 1. The van der Waals surface area contributed by atoms with Crippen molar-refractivity contribution in [3.8, 4) is 6.07 Å². The van der Waals surface area contributed by atoms with Crippen LogP contribution in [-0.2, 0) is 4.74 Å². The van der Waals surface area contributed by atoms with E-state index in [-0.39, 0.29) is 18.2 Å². The normalized spacial score (nSPS) is 23.1. The largest absolute Gasteiger partial charge is 0.444 e. The van der Waals surface area contributed by atoms with Gasteiger partial charge in [0.2, 0.25) is 0 Å². The predicted octanol–water partition coefficient (Wildman–Crippen LogP) is 3.30. The zero-order chi connectivity index (χ0) is 17.5. The van der Waals surface area contributed by atoms with Gasteiger partial charge < -0.3 is 14.5 Å². The van der Waals surface area contributed by atoms with Gasteiger partial charge in [0.15, 0.2) is 0 Å². The molecular formula is C17H21BrN4O2. The van der Waals surface area contributed by atoms with Crippen molar-refractivity contribution in [2.45, 2.75) is 51.3 Å². The fourth-order valence-electron chi connectivity index (χ4n) is 3.38. The minimum Gasteiger partial charge on any atom is -0.444 e. The number of piperazine rings is 1. The van der Waals surface area contributed by atoms with Gasteiger partial charge in [-0.05, 0) is 55.6 Å². The van der Waals surface area contributed by atoms with Crippen LogP contribution in [0.5, 0.6) is 0 Å². The summed E-state index contributed by atoms with van der Waals surface area (Å²) in [6, 6.07) is 4.28. The van der Waals surface area contributed by atoms with Crippen molar-refractivity contribution in [2.75, 3.05) is 18.0 Å². The lowest BCUT2D eigenvalue weighted by molar-refractivity contribution is 0.000783. The number of aromatic nitrogens is 1. The molecule has 7 heteroatoms. The van der Waals surface area contributed by atoms with Gasteiger partial charge in [0.05, 0.1) is 11.6 Å². The summed E-state index contributed by atoms with van der Waals surface area (Å²) in [6.45, 7) is 6.94. The van der Waals surface area contributed by atoms with Crippen molar-refractivity contribution < 1.29 is 9.53 Å². The Hall–Kier alpha value is -1.81. The van der Waals surface area contributed by atoms with E-state index in [1.807, 2.05) is 25.7 Å². The Morgan fingerprint density at radius 2 is 2.08 bits per heavy atom. The third-order valence-corrected chi connectivity index (χ3v) is 4.82. The molecule has 4 rings (SSSR count). The number of halogens is 1. The number of fused-ring (bicyclic) bond motifs is 3. The Labute approximate surface area is 150 Å². The van der Waals surface area contributed by atoms with Gasteiger partial charge in [-0.15, -0.1) is 0 Å². The Balaban J connectivity index is 1.79. The fraction of sp³-hybridized carbons (Fsp3) is 0.588. The van der Waals surface area contributed by atoms with Crippen LogP contribution in [-0.4, -0.2) is 46.8 Å². The van der Waals surface area contributed by atoms with Crippen LogP contribution in [0.1, 0.15) is 39.2 Å². The molecule has 3 fully saturated rings. The molecule has 0 N–H and O–H groups in total. The number of carbonyl (C=O) groups is 1. The monoisotopic (exact) mass is 392 g/mol. The molecule has 0 spiro atoms. The molecule has 0 radical (unpaired) electrons. The Kier molecular flexibility index (Phi) is 4.43. The molecule has 1 aromatic rings. The van der Waals surface area contributed by atoms with Crippen molar-refractivity contribution in [3.63, 3.8) is 0 Å². The molecule has 1 amide bonds. The molecule has 2 bridgehead atoms. The van der Waals surface area contributed by atoms with Gasteiger partial charge in [-0.25, -0.2) is 9.78 Å². The standard InChI is InChI=1S/C17H21BrN4O2/c1-17(2,3)24-16(23)22-10-13-4-5-14(22)9-21(13)15-11(7-19)6-12(18)8-20-15/h6,8,13-14H,4-5,9-10H2,1-3H3. The SMILES string of the molecule is CC(C)(C)OC(=O)N1CC2CCC1CN2c1ncc(Br)cc1C#N. The first-order valence-corrected chi connectivity index (χ1v) is 8.89. The molecule has 4 heterocycles. The van der Waals surface area contributed by atoms with E-state index in [2.05, 4.69) is 31.9 Å². The van der Waals surface area contributed by atoms with Crippen LogP contribution >= 0.6 is 15.9 Å². The molecule has 2 unspecified atom stereocenters. The summed E-state index contributed by atoms with van der Waals surface area (Å²) in [7, 11) is 0. The molecule has 0 aliphatic carbocycles. The maximum atomic E-state index is 12.4. The van der Waals surface area contributed by atoms with E-state index in [0.29, 0.717) is 24.5 Å². The average Bonchev–Trinajstić information content (AvgIpc) is 2.53. The minimum absolute atomic E-state index is 0.0989. The lowest BCUT2D eigenvalue weighted by Gasteiger charge is -2.51. The van der Waals surface area contributed by atoms with Crippen molar-refractivity contribution in [3.05, 3.63) is 22.3 Å². The number of piperidine rings is 2. The highest BCUT2D eigenvalue weighted by Crippen LogP contribution is 2.34. The Morgan fingerprint density at radius 3 is 2.67 bits per heavy atom. The summed E-state index contributed by atoms with van der Waals surface area (Å²) in [5, 5.41) is 9.39. The third-order valence-electron chi connectivity index (χ3n) is 4.38. The van der Waals surface area contributed by atoms with Crippen LogP contribution in [0.15, 0.2) is 16.7 Å². The van der Waals surface area contributed by atoms with Crippen LogP contribution < -0.4 is 4.90 Å². The van der Waals surface area contributed by atoms with Crippen molar-refractivity contribution in [1.82, 2.24) is 9.88 Å². The number of nitriles is 1. The third kappa shape index (κ3) is 3.34. The number of nitrogens with zero attached hydrogens (tertiary/aromatic N) is 4. The Bertz CT molecular complexity index is 695. The second kappa shape index (κ2) is 6.25. The van der Waals surface area contributed by atoms with Crippen LogP contribution in [0.2, 0.25) is 0 Å². The lowest BCUT2D eigenvalue weighted by Crippen LogP contribution is -2.64. The zero-order valence-electron chi connectivity index (χ0n) is 14.1. The number of anilines is 1. The number of hydrogen-bond donors (Lipinski definition) is 0.